The molecule has 7 heteroatoms. The second-order valence-corrected chi connectivity index (χ2v) is 6.67. The van der Waals surface area contributed by atoms with Crippen LogP contribution in [-0.2, 0) is 4.79 Å². The fraction of sp³-hybridized carbons (Fsp3) is 0.353. The molecule has 1 aliphatic rings. The number of hydrogen-bond acceptors (Lipinski definition) is 4. The molecule has 1 aliphatic heterocycles. The zero-order valence-electron chi connectivity index (χ0n) is 13.5. The Bertz CT molecular complexity index is 744. The molecule has 2 aromatic rings. The van der Waals surface area contributed by atoms with Crippen LogP contribution in [0.2, 0.25) is 0 Å². The summed E-state index contributed by atoms with van der Waals surface area (Å²) in [5.74, 6) is -0.116. The summed E-state index contributed by atoms with van der Waals surface area (Å²) in [5.41, 5.74) is 2.61. The largest absolute Gasteiger partial charge is 0.354 e. The minimum absolute atomic E-state index is 0.116. The van der Waals surface area contributed by atoms with Gasteiger partial charge in [-0.3, -0.25) is 4.79 Å². The molecule has 0 radical (unpaired) electrons. The van der Waals surface area contributed by atoms with Crippen LogP contribution >= 0.6 is 11.3 Å². The predicted molar refractivity (Wildman–Crippen MR) is 95.1 cm³/mol. The molecular weight excluding hydrogens is 324 g/mol. The molecule has 126 valence electrons. The smallest absolute Gasteiger partial charge is 0.319 e. The van der Waals surface area contributed by atoms with Crippen LogP contribution in [0, 0.1) is 6.92 Å². The third kappa shape index (κ3) is 4.11. The van der Waals surface area contributed by atoms with E-state index in [2.05, 4.69) is 20.9 Å². The van der Waals surface area contributed by atoms with Gasteiger partial charge in [-0.15, -0.1) is 11.3 Å². The first-order valence-corrected chi connectivity index (χ1v) is 8.87. The highest BCUT2D eigenvalue weighted by Gasteiger charge is 2.22. The molecule has 0 aliphatic carbocycles. The molecule has 0 bridgehead atoms. The Labute approximate surface area is 144 Å². The number of carbonyl (C=O) groups excluding carboxylic acids is 2. The van der Waals surface area contributed by atoms with E-state index in [0.717, 1.165) is 29.1 Å². The van der Waals surface area contributed by atoms with Crippen molar-refractivity contribution in [1.29, 1.82) is 0 Å². The van der Waals surface area contributed by atoms with Gasteiger partial charge in [-0.05, 0) is 38.3 Å². The number of benzene rings is 1. The SMILES string of the molecule is Cc1csc(-c2cccc(NC(=O)NC3CCCCNC3=O)c2)n1. The first-order valence-electron chi connectivity index (χ1n) is 7.99. The van der Waals surface area contributed by atoms with Gasteiger partial charge < -0.3 is 16.0 Å². The minimum Gasteiger partial charge on any atom is -0.354 e. The Morgan fingerprint density at radius 2 is 2.25 bits per heavy atom. The lowest BCUT2D eigenvalue weighted by Crippen LogP contribution is -2.47. The van der Waals surface area contributed by atoms with Gasteiger partial charge in [0, 0.05) is 28.9 Å². The molecule has 1 saturated heterocycles. The fourth-order valence-corrected chi connectivity index (χ4v) is 3.41. The van der Waals surface area contributed by atoms with Crippen molar-refractivity contribution in [3.05, 3.63) is 35.3 Å². The van der Waals surface area contributed by atoms with E-state index < -0.39 is 6.04 Å². The van der Waals surface area contributed by atoms with Crippen molar-refractivity contribution < 1.29 is 9.59 Å². The van der Waals surface area contributed by atoms with Gasteiger partial charge in [-0.25, -0.2) is 9.78 Å². The highest BCUT2D eigenvalue weighted by atomic mass is 32.1. The number of aryl methyl sites for hydroxylation is 1. The van der Waals surface area contributed by atoms with Crippen LogP contribution in [0.15, 0.2) is 29.6 Å². The minimum atomic E-state index is -0.475. The molecule has 3 rings (SSSR count). The van der Waals surface area contributed by atoms with Gasteiger partial charge in [-0.2, -0.15) is 0 Å². The standard InChI is InChI=1S/C17H20N4O2S/c1-11-10-24-16(19-11)12-5-4-6-13(9-12)20-17(23)21-14-7-2-3-8-18-15(14)22/h4-6,9-10,14H,2-3,7-8H2,1H3,(H,18,22)(H2,20,21,23). The Balaban J connectivity index is 1.65. The zero-order valence-corrected chi connectivity index (χ0v) is 14.3. The lowest BCUT2D eigenvalue weighted by molar-refractivity contribution is -0.122. The summed E-state index contributed by atoms with van der Waals surface area (Å²) in [6, 6.07) is 6.68. The van der Waals surface area contributed by atoms with Gasteiger partial charge in [0.15, 0.2) is 0 Å². The van der Waals surface area contributed by atoms with Gasteiger partial charge in [0.05, 0.1) is 0 Å². The first kappa shape index (κ1) is 16.4. The average molecular weight is 344 g/mol. The number of nitrogens with one attached hydrogen (secondary N) is 3. The van der Waals surface area contributed by atoms with Crippen molar-refractivity contribution in [2.24, 2.45) is 0 Å². The third-order valence-corrected chi connectivity index (χ3v) is 4.84. The Morgan fingerprint density at radius 1 is 1.38 bits per heavy atom. The molecule has 1 aromatic heterocycles. The number of rotatable bonds is 3. The Morgan fingerprint density at radius 3 is 3.04 bits per heavy atom. The van der Waals surface area contributed by atoms with E-state index in [-0.39, 0.29) is 11.9 Å². The highest BCUT2D eigenvalue weighted by Crippen LogP contribution is 2.25. The highest BCUT2D eigenvalue weighted by molar-refractivity contribution is 7.13. The van der Waals surface area contributed by atoms with Crippen LogP contribution in [-0.4, -0.2) is 29.5 Å². The number of amides is 3. The molecule has 24 heavy (non-hydrogen) atoms. The first-order chi connectivity index (χ1) is 11.6. The number of urea groups is 1. The van der Waals surface area contributed by atoms with Crippen LogP contribution in [0.4, 0.5) is 10.5 Å². The normalized spacial score (nSPS) is 17.7. The van der Waals surface area contributed by atoms with Crippen LogP contribution in [0.5, 0.6) is 0 Å². The van der Waals surface area contributed by atoms with Gasteiger partial charge in [0.1, 0.15) is 11.0 Å². The maximum Gasteiger partial charge on any atom is 0.319 e. The topological polar surface area (TPSA) is 83.1 Å². The molecule has 6 nitrogen and oxygen atoms in total. The quantitative estimate of drug-likeness (QED) is 0.800. The van der Waals surface area contributed by atoms with E-state index >= 15 is 0 Å². The van der Waals surface area contributed by atoms with E-state index in [1.807, 2.05) is 36.6 Å². The van der Waals surface area contributed by atoms with E-state index in [1.165, 1.54) is 0 Å². The maximum absolute atomic E-state index is 12.2. The van der Waals surface area contributed by atoms with E-state index in [1.54, 1.807) is 11.3 Å². The molecule has 1 unspecified atom stereocenters. The summed E-state index contributed by atoms with van der Waals surface area (Å²) in [6.07, 6.45) is 2.53. The number of aromatic nitrogens is 1. The molecule has 0 spiro atoms. The van der Waals surface area contributed by atoms with Crippen molar-refractivity contribution in [1.82, 2.24) is 15.6 Å². The summed E-state index contributed by atoms with van der Waals surface area (Å²) >= 11 is 1.57. The number of nitrogens with zero attached hydrogens (tertiary/aromatic N) is 1. The van der Waals surface area contributed by atoms with Gasteiger partial charge >= 0.3 is 6.03 Å². The fourth-order valence-electron chi connectivity index (χ4n) is 2.62. The molecular formula is C17H20N4O2S. The molecule has 0 saturated carbocycles. The summed E-state index contributed by atoms with van der Waals surface area (Å²) < 4.78 is 0. The third-order valence-electron chi connectivity index (χ3n) is 3.83. The van der Waals surface area contributed by atoms with E-state index in [0.29, 0.717) is 18.7 Å². The van der Waals surface area contributed by atoms with Crippen LogP contribution in [0.1, 0.15) is 25.0 Å². The molecule has 3 N–H and O–H groups in total. The number of hydrogen-bond donors (Lipinski definition) is 3. The monoisotopic (exact) mass is 344 g/mol. The van der Waals surface area contributed by atoms with Crippen molar-refractivity contribution in [3.63, 3.8) is 0 Å². The van der Waals surface area contributed by atoms with Crippen LogP contribution in [0.25, 0.3) is 10.6 Å². The second kappa shape index (κ2) is 7.44. The molecule has 1 fully saturated rings. The van der Waals surface area contributed by atoms with Crippen LogP contribution in [0.3, 0.4) is 0 Å². The summed E-state index contributed by atoms with van der Waals surface area (Å²) in [4.78, 5) is 28.5. The lowest BCUT2D eigenvalue weighted by Gasteiger charge is -2.16. The summed E-state index contributed by atoms with van der Waals surface area (Å²) in [7, 11) is 0. The van der Waals surface area contributed by atoms with E-state index in [9.17, 15) is 9.59 Å². The summed E-state index contributed by atoms with van der Waals surface area (Å²) in [6.45, 7) is 2.63. The van der Waals surface area contributed by atoms with Crippen molar-refractivity contribution in [3.8, 4) is 10.6 Å². The number of thiazole rings is 1. The second-order valence-electron chi connectivity index (χ2n) is 5.81. The molecule has 1 atom stereocenters. The zero-order chi connectivity index (χ0) is 16.9. The van der Waals surface area contributed by atoms with Gasteiger partial charge in [0.2, 0.25) is 5.91 Å². The van der Waals surface area contributed by atoms with Crippen LogP contribution < -0.4 is 16.0 Å². The van der Waals surface area contributed by atoms with Crippen molar-refractivity contribution >= 4 is 29.0 Å². The lowest BCUT2D eigenvalue weighted by atomic mass is 10.1. The number of carbonyl (C=O) groups is 2. The molecule has 3 amide bonds. The van der Waals surface area contributed by atoms with Gasteiger partial charge in [-0.1, -0.05) is 12.1 Å². The molecule has 2 heterocycles. The van der Waals surface area contributed by atoms with Crippen molar-refractivity contribution in [2.75, 3.05) is 11.9 Å². The maximum atomic E-state index is 12.2. The molecule has 1 aromatic carbocycles. The summed E-state index contributed by atoms with van der Waals surface area (Å²) in [5, 5.41) is 11.3. The van der Waals surface area contributed by atoms with Gasteiger partial charge in [0.25, 0.3) is 0 Å². The van der Waals surface area contributed by atoms with E-state index in [4.69, 9.17) is 0 Å². The number of anilines is 1. The Hall–Kier alpha value is -2.41. The Kier molecular flexibility index (Phi) is 5.10. The predicted octanol–water partition coefficient (Wildman–Crippen LogP) is 2.91. The van der Waals surface area contributed by atoms with Crippen molar-refractivity contribution in [2.45, 2.75) is 32.2 Å². The average Bonchev–Trinajstić information content (AvgIpc) is 2.90.